The number of nitrogens with zero attached hydrogens (tertiary/aromatic N) is 3. The maximum absolute atomic E-state index is 10.8. The number of aromatic nitrogens is 3. The standard InChI is InChI=1S/C12H12ClN3O/c13-11-10-3-4-16(12(10)15-7-14-11)9-2-1-8(5-9)6-17/h3-4,6-9H,1-2,5H2/t8-,9+/m1/s1. The SMILES string of the molecule is O=C[C@@H]1CC[C@H](n2ccc3c(Cl)ncnc32)C1. The van der Waals surface area contributed by atoms with Crippen LogP contribution < -0.4 is 0 Å². The Hall–Kier alpha value is -1.42. The van der Waals surface area contributed by atoms with E-state index in [1.54, 1.807) is 0 Å². The van der Waals surface area contributed by atoms with Crippen molar-refractivity contribution in [3.05, 3.63) is 23.7 Å². The minimum Gasteiger partial charge on any atom is -0.329 e. The number of hydrogen-bond acceptors (Lipinski definition) is 3. The average Bonchev–Trinajstić information content (AvgIpc) is 2.94. The second kappa shape index (κ2) is 4.11. The smallest absolute Gasteiger partial charge is 0.145 e. The van der Waals surface area contributed by atoms with E-state index in [1.807, 2.05) is 12.3 Å². The van der Waals surface area contributed by atoms with Crippen LogP contribution in [0.3, 0.4) is 0 Å². The van der Waals surface area contributed by atoms with Crippen molar-refractivity contribution in [3.63, 3.8) is 0 Å². The first kappa shape index (κ1) is 10.7. The summed E-state index contributed by atoms with van der Waals surface area (Å²) < 4.78 is 2.12. The summed E-state index contributed by atoms with van der Waals surface area (Å²) in [5.41, 5.74) is 0.863. The molecule has 1 aliphatic rings. The average molecular weight is 250 g/mol. The third kappa shape index (κ3) is 1.72. The summed E-state index contributed by atoms with van der Waals surface area (Å²) in [5.74, 6) is 0.190. The fraction of sp³-hybridized carbons (Fsp3) is 0.417. The van der Waals surface area contributed by atoms with E-state index in [2.05, 4.69) is 14.5 Å². The molecule has 0 bridgehead atoms. The summed E-state index contributed by atoms with van der Waals surface area (Å²) in [6.07, 6.45) is 7.42. The summed E-state index contributed by atoms with van der Waals surface area (Å²) >= 11 is 6.01. The van der Waals surface area contributed by atoms with E-state index in [4.69, 9.17) is 11.6 Å². The molecule has 17 heavy (non-hydrogen) atoms. The van der Waals surface area contributed by atoms with Gasteiger partial charge in [-0.1, -0.05) is 11.6 Å². The van der Waals surface area contributed by atoms with Gasteiger partial charge in [0.25, 0.3) is 0 Å². The van der Waals surface area contributed by atoms with E-state index in [1.165, 1.54) is 6.33 Å². The van der Waals surface area contributed by atoms with Crippen molar-refractivity contribution in [1.82, 2.24) is 14.5 Å². The highest BCUT2D eigenvalue weighted by Gasteiger charge is 2.26. The lowest BCUT2D eigenvalue weighted by atomic mass is 10.1. The van der Waals surface area contributed by atoms with Crippen LogP contribution in [0.15, 0.2) is 18.6 Å². The molecule has 0 aromatic carbocycles. The zero-order chi connectivity index (χ0) is 11.8. The Kier molecular flexibility index (Phi) is 2.59. The molecule has 5 heteroatoms. The van der Waals surface area contributed by atoms with Crippen molar-refractivity contribution >= 4 is 28.9 Å². The summed E-state index contributed by atoms with van der Waals surface area (Å²) in [5, 5.41) is 1.36. The highest BCUT2D eigenvalue weighted by molar-refractivity contribution is 6.33. The number of aldehydes is 1. The lowest BCUT2D eigenvalue weighted by Crippen LogP contribution is -2.05. The number of hydrogen-bond donors (Lipinski definition) is 0. The number of carbonyl (C=O) groups excluding carboxylic acids is 1. The van der Waals surface area contributed by atoms with Gasteiger partial charge in [0.2, 0.25) is 0 Å². The monoisotopic (exact) mass is 249 g/mol. The number of fused-ring (bicyclic) bond motifs is 1. The Labute approximate surface area is 104 Å². The molecule has 0 spiro atoms. The Bertz CT molecular complexity index is 566. The van der Waals surface area contributed by atoms with Crippen molar-refractivity contribution in [2.75, 3.05) is 0 Å². The van der Waals surface area contributed by atoms with Crippen molar-refractivity contribution in [2.45, 2.75) is 25.3 Å². The molecule has 0 N–H and O–H groups in total. The molecule has 0 saturated heterocycles. The highest BCUT2D eigenvalue weighted by Crippen LogP contribution is 2.35. The van der Waals surface area contributed by atoms with E-state index in [0.717, 1.165) is 36.6 Å². The zero-order valence-corrected chi connectivity index (χ0v) is 9.97. The van der Waals surface area contributed by atoms with E-state index in [0.29, 0.717) is 11.2 Å². The molecule has 2 heterocycles. The molecular formula is C12H12ClN3O. The van der Waals surface area contributed by atoms with Crippen molar-refractivity contribution in [2.24, 2.45) is 5.92 Å². The van der Waals surface area contributed by atoms with Gasteiger partial charge in [-0.25, -0.2) is 9.97 Å². The Morgan fingerprint density at radius 1 is 1.41 bits per heavy atom. The predicted octanol–water partition coefficient (Wildman–Crippen LogP) is 2.62. The second-order valence-electron chi connectivity index (χ2n) is 4.49. The predicted molar refractivity (Wildman–Crippen MR) is 65.0 cm³/mol. The Balaban J connectivity index is 2.01. The third-order valence-electron chi connectivity index (χ3n) is 3.49. The topological polar surface area (TPSA) is 47.8 Å². The van der Waals surface area contributed by atoms with Crippen molar-refractivity contribution < 1.29 is 4.79 Å². The summed E-state index contributed by atoms with van der Waals surface area (Å²) in [6.45, 7) is 0. The van der Waals surface area contributed by atoms with Crippen LogP contribution in [0.5, 0.6) is 0 Å². The first-order valence-electron chi connectivity index (χ1n) is 5.72. The van der Waals surface area contributed by atoms with Crippen molar-refractivity contribution in [3.8, 4) is 0 Å². The van der Waals surface area contributed by atoms with Crippen molar-refractivity contribution in [1.29, 1.82) is 0 Å². The molecule has 0 aliphatic heterocycles. The Morgan fingerprint density at radius 3 is 3.06 bits per heavy atom. The Morgan fingerprint density at radius 2 is 2.29 bits per heavy atom. The first-order valence-corrected chi connectivity index (χ1v) is 6.09. The van der Waals surface area contributed by atoms with Crippen LogP contribution in [0, 0.1) is 5.92 Å². The van der Waals surface area contributed by atoms with E-state index in [-0.39, 0.29) is 5.92 Å². The van der Waals surface area contributed by atoms with Gasteiger partial charge >= 0.3 is 0 Å². The van der Waals surface area contributed by atoms with E-state index in [9.17, 15) is 4.79 Å². The molecule has 2 aromatic heterocycles. The first-order chi connectivity index (χ1) is 8.29. The van der Waals surface area contributed by atoms with Gasteiger partial charge in [0, 0.05) is 18.2 Å². The largest absolute Gasteiger partial charge is 0.329 e. The van der Waals surface area contributed by atoms with E-state index < -0.39 is 0 Å². The molecule has 2 atom stereocenters. The summed E-state index contributed by atoms with van der Waals surface area (Å²) in [4.78, 5) is 19.0. The van der Waals surface area contributed by atoms with E-state index >= 15 is 0 Å². The highest BCUT2D eigenvalue weighted by atomic mass is 35.5. The zero-order valence-electron chi connectivity index (χ0n) is 9.21. The molecule has 0 amide bonds. The fourth-order valence-electron chi connectivity index (χ4n) is 2.60. The van der Waals surface area contributed by atoms with Gasteiger partial charge in [-0.05, 0) is 25.3 Å². The van der Waals surface area contributed by atoms with Crippen LogP contribution in [0.1, 0.15) is 25.3 Å². The van der Waals surface area contributed by atoms with Crippen LogP contribution in [0.4, 0.5) is 0 Å². The van der Waals surface area contributed by atoms with Crippen LogP contribution in [0.25, 0.3) is 11.0 Å². The molecule has 1 saturated carbocycles. The van der Waals surface area contributed by atoms with Gasteiger partial charge in [0.15, 0.2) is 0 Å². The molecular weight excluding hydrogens is 238 g/mol. The molecule has 1 aliphatic carbocycles. The lowest BCUT2D eigenvalue weighted by molar-refractivity contribution is -0.110. The maximum Gasteiger partial charge on any atom is 0.145 e. The quantitative estimate of drug-likeness (QED) is 0.607. The molecule has 88 valence electrons. The molecule has 0 radical (unpaired) electrons. The summed E-state index contributed by atoms with van der Waals surface area (Å²) in [7, 11) is 0. The van der Waals surface area contributed by atoms with Gasteiger partial charge in [-0.3, -0.25) is 0 Å². The van der Waals surface area contributed by atoms with Gasteiger partial charge < -0.3 is 9.36 Å². The maximum atomic E-state index is 10.8. The number of carbonyl (C=O) groups is 1. The van der Waals surface area contributed by atoms with Gasteiger partial charge in [-0.2, -0.15) is 0 Å². The minimum absolute atomic E-state index is 0.190. The number of rotatable bonds is 2. The second-order valence-corrected chi connectivity index (χ2v) is 4.85. The van der Waals surface area contributed by atoms with Crippen LogP contribution >= 0.6 is 11.6 Å². The van der Waals surface area contributed by atoms with Gasteiger partial charge in [-0.15, -0.1) is 0 Å². The van der Waals surface area contributed by atoms with Crippen LogP contribution in [-0.2, 0) is 4.79 Å². The minimum atomic E-state index is 0.190. The van der Waals surface area contributed by atoms with Crippen LogP contribution in [-0.4, -0.2) is 20.8 Å². The molecule has 0 unspecified atom stereocenters. The number of halogens is 1. The van der Waals surface area contributed by atoms with Gasteiger partial charge in [0.1, 0.15) is 23.4 Å². The molecule has 2 aromatic rings. The fourth-order valence-corrected chi connectivity index (χ4v) is 2.79. The molecule has 4 nitrogen and oxygen atoms in total. The van der Waals surface area contributed by atoms with Gasteiger partial charge in [0.05, 0.1) is 5.39 Å². The molecule has 1 fully saturated rings. The molecule has 3 rings (SSSR count). The summed E-state index contributed by atoms with van der Waals surface area (Å²) in [6, 6.07) is 2.29. The third-order valence-corrected chi connectivity index (χ3v) is 3.79. The lowest BCUT2D eigenvalue weighted by Gasteiger charge is -2.12. The van der Waals surface area contributed by atoms with Crippen LogP contribution in [0.2, 0.25) is 5.15 Å². The normalized spacial score (nSPS) is 24.3.